The number of halogens is 1. The minimum atomic E-state index is -0.818. The molecule has 0 aliphatic carbocycles. The lowest BCUT2D eigenvalue weighted by Gasteiger charge is -2.28. The van der Waals surface area contributed by atoms with Crippen LogP contribution in [-0.2, 0) is 19.1 Å². The molecule has 1 aliphatic heterocycles. The number of hydrogen-bond donors (Lipinski definition) is 1. The molecular formula is C17H21ClN2O5. The number of ether oxygens (including phenoxy) is 2. The third kappa shape index (κ3) is 4.63. The van der Waals surface area contributed by atoms with Gasteiger partial charge in [0.15, 0.2) is 0 Å². The van der Waals surface area contributed by atoms with Crippen LogP contribution in [0.15, 0.2) is 24.3 Å². The summed E-state index contributed by atoms with van der Waals surface area (Å²) < 4.78 is 10.1. The maximum atomic E-state index is 12.7. The molecule has 0 spiro atoms. The van der Waals surface area contributed by atoms with Crippen LogP contribution in [0.1, 0.15) is 26.7 Å². The quantitative estimate of drug-likeness (QED) is 0.808. The summed E-state index contributed by atoms with van der Waals surface area (Å²) in [5.74, 6) is -1.05. The van der Waals surface area contributed by atoms with Gasteiger partial charge in [-0.25, -0.2) is 14.4 Å². The third-order valence-corrected chi connectivity index (χ3v) is 4.08. The van der Waals surface area contributed by atoms with Crippen LogP contribution in [0.25, 0.3) is 0 Å². The topological polar surface area (TPSA) is 84.9 Å². The van der Waals surface area contributed by atoms with E-state index in [4.69, 9.17) is 21.1 Å². The Kier molecular flexibility index (Phi) is 6.64. The first-order valence-corrected chi connectivity index (χ1v) is 8.53. The Morgan fingerprint density at radius 3 is 1.96 bits per heavy atom. The molecule has 2 amide bonds. The maximum Gasteiger partial charge on any atom is 0.328 e. The van der Waals surface area contributed by atoms with E-state index in [0.717, 1.165) is 0 Å². The highest BCUT2D eigenvalue weighted by molar-refractivity contribution is 6.30. The number of nitrogens with one attached hydrogen (secondary N) is 1. The molecule has 1 saturated heterocycles. The number of carbonyl (C=O) groups excluding carboxylic acids is 3. The lowest BCUT2D eigenvalue weighted by Crippen LogP contribution is -2.50. The molecule has 0 radical (unpaired) electrons. The molecule has 1 fully saturated rings. The SMILES string of the molecule is CCOC(=O)C1CCC(C(=O)OCC)N1C(=O)Nc1ccc(Cl)cc1. The van der Waals surface area contributed by atoms with E-state index in [0.29, 0.717) is 23.6 Å². The largest absolute Gasteiger partial charge is 0.464 e. The molecule has 0 bridgehead atoms. The summed E-state index contributed by atoms with van der Waals surface area (Å²) in [6.07, 6.45) is 0.687. The minimum Gasteiger partial charge on any atom is -0.464 e. The van der Waals surface area contributed by atoms with Crippen LogP contribution in [-0.4, -0.2) is 48.2 Å². The number of urea groups is 1. The molecule has 1 aromatic rings. The van der Waals surface area contributed by atoms with Gasteiger partial charge in [-0.3, -0.25) is 4.90 Å². The molecule has 8 heteroatoms. The van der Waals surface area contributed by atoms with E-state index in [2.05, 4.69) is 5.32 Å². The Balaban J connectivity index is 2.20. The van der Waals surface area contributed by atoms with Gasteiger partial charge in [-0.2, -0.15) is 0 Å². The van der Waals surface area contributed by atoms with E-state index >= 15 is 0 Å². The molecule has 2 unspecified atom stereocenters. The summed E-state index contributed by atoms with van der Waals surface area (Å²) in [5, 5.41) is 3.21. The van der Waals surface area contributed by atoms with Crippen molar-refractivity contribution in [3.8, 4) is 0 Å². The summed E-state index contributed by atoms with van der Waals surface area (Å²) in [4.78, 5) is 38.3. The van der Waals surface area contributed by atoms with Crippen molar-refractivity contribution >= 4 is 35.3 Å². The average molecular weight is 369 g/mol. The monoisotopic (exact) mass is 368 g/mol. The summed E-state index contributed by atoms with van der Waals surface area (Å²) in [5.41, 5.74) is 0.506. The Hall–Kier alpha value is -2.28. The van der Waals surface area contributed by atoms with E-state index in [1.54, 1.807) is 38.1 Å². The first-order chi connectivity index (χ1) is 12.0. The predicted octanol–water partition coefficient (Wildman–Crippen LogP) is 2.83. The van der Waals surface area contributed by atoms with Crippen molar-refractivity contribution in [2.24, 2.45) is 0 Å². The molecule has 25 heavy (non-hydrogen) atoms. The van der Waals surface area contributed by atoms with Gasteiger partial charge >= 0.3 is 18.0 Å². The van der Waals surface area contributed by atoms with E-state index in [-0.39, 0.29) is 13.2 Å². The lowest BCUT2D eigenvalue weighted by molar-refractivity contribution is -0.151. The molecule has 1 N–H and O–H groups in total. The van der Waals surface area contributed by atoms with Crippen LogP contribution in [0.4, 0.5) is 10.5 Å². The Morgan fingerprint density at radius 2 is 1.52 bits per heavy atom. The first-order valence-electron chi connectivity index (χ1n) is 8.16. The fourth-order valence-corrected chi connectivity index (χ4v) is 2.88. The van der Waals surface area contributed by atoms with Gasteiger partial charge in [-0.15, -0.1) is 0 Å². The molecule has 1 aromatic carbocycles. The van der Waals surface area contributed by atoms with Crippen molar-refractivity contribution in [2.75, 3.05) is 18.5 Å². The smallest absolute Gasteiger partial charge is 0.328 e. The number of nitrogens with zero attached hydrogens (tertiary/aromatic N) is 1. The van der Waals surface area contributed by atoms with Crippen molar-refractivity contribution in [2.45, 2.75) is 38.8 Å². The second kappa shape index (κ2) is 8.71. The number of esters is 2. The van der Waals surface area contributed by atoms with E-state index in [9.17, 15) is 14.4 Å². The van der Waals surface area contributed by atoms with E-state index in [1.165, 1.54) is 4.90 Å². The van der Waals surface area contributed by atoms with Crippen LogP contribution < -0.4 is 5.32 Å². The number of rotatable bonds is 5. The molecule has 7 nitrogen and oxygen atoms in total. The van der Waals surface area contributed by atoms with Crippen molar-refractivity contribution < 1.29 is 23.9 Å². The van der Waals surface area contributed by atoms with Crippen molar-refractivity contribution in [3.63, 3.8) is 0 Å². The lowest BCUT2D eigenvalue weighted by atomic mass is 10.2. The van der Waals surface area contributed by atoms with Crippen LogP contribution in [0.5, 0.6) is 0 Å². The van der Waals surface area contributed by atoms with Crippen molar-refractivity contribution in [1.29, 1.82) is 0 Å². The summed E-state index contributed by atoms with van der Waals surface area (Å²) in [6, 6.07) is 4.34. The Labute approximate surface area is 151 Å². The summed E-state index contributed by atoms with van der Waals surface area (Å²) in [7, 11) is 0. The van der Waals surface area contributed by atoms with Gasteiger partial charge in [0.2, 0.25) is 0 Å². The van der Waals surface area contributed by atoms with Gasteiger partial charge in [0, 0.05) is 10.7 Å². The van der Waals surface area contributed by atoms with Crippen molar-refractivity contribution in [1.82, 2.24) is 4.90 Å². The van der Waals surface area contributed by atoms with Gasteiger partial charge in [0.05, 0.1) is 13.2 Å². The van der Waals surface area contributed by atoms with Gasteiger partial charge in [-0.1, -0.05) is 11.6 Å². The second-order valence-corrected chi connectivity index (χ2v) is 5.89. The van der Waals surface area contributed by atoms with E-state index < -0.39 is 30.1 Å². The van der Waals surface area contributed by atoms with Crippen LogP contribution in [0.3, 0.4) is 0 Å². The Bertz CT molecular complexity index is 608. The Morgan fingerprint density at radius 1 is 1.04 bits per heavy atom. The highest BCUT2D eigenvalue weighted by Crippen LogP contribution is 2.27. The highest BCUT2D eigenvalue weighted by atomic mass is 35.5. The third-order valence-electron chi connectivity index (χ3n) is 3.83. The summed E-state index contributed by atoms with van der Waals surface area (Å²) in [6.45, 7) is 3.78. The van der Waals surface area contributed by atoms with Gasteiger partial charge < -0.3 is 14.8 Å². The minimum absolute atomic E-state index is 0.200. The molecule has 2 atom stereocenters. The second-order valence-electron chi connectivity index (χ2n) is 5.46. The number of carbonyl (C=O) groups is 3. The predicted molar refractivity (Wildman–Crippen MR) is 92.4 cm³/mol. The molecule has 1 aliphatic rings. The zero-order valence-corrected chi connectivity index (χ0v) is 14.9. The standard InChI is InChI=1S/C17H21ClN2O5/c1-3-24-15(21)13-9-10-14(16(22)25-4-2)20(13)17(23)19-12-7-5-11(18)6-8-12/h5-8,13-14H,3-4,9-10H2,1-2H3,(H,19,23). The average Bonchev–Trinajstić information content (AvgIpc) is 3.02. The van der Waals surface area contributed by atoms with Gasteiger partial charge in [0.1, 0.15) is 12.1 Å². The molecule has 136 valence electrons. The molecule has 0 saturated carbocycles. The fraction of sp³-hybridized carbons (Fsp3) is 0.471. The zero-order chi connectivity index (χ0) is 18.4. The number of likely N-dealkylation sites (tertiary alicyclic amines) is 1. The first kappa shape index (κ1) is 19.1. The number of amides is 2. The van der Waals surface area contributed by atoms with Crippen LogP contribution in [0, 0.1) is 0 Å². The zero-order valence-electron chi connectivity index (χ0n) is 14.2. The fourth-order valence-electron chi connectivity index (χ4n) is 2.76. The number of hydrogen-bond acceptors (Lipinski definition) is 5. The van der Waals surface area contributed by atoms with Crippen LogP contribution in [0.2, 0.25) is 5.02 Å². The van der Waals surface area contributed by atoms with Gasteiger partial charge in [0.25, 0.3) is 0 Å². The van der Waals surface area contributed by atoms with Crippen LogP contribution >= 0.6 is 11.6 Å². The molecule has 0 aromatic heterocycles. The number of anilines is 1. The normalized spacial score (nSPS) is 19.4. The molecule has 1 heterocycles. The molecular weight excluding hydrogens is 348 g/mol. The summed E-state index contributed by atoms with van der Waals surface area (Å²) >= 11 is 5.83. The molecule has 2 rings (SSSR count). The van der Waals surface area contributed by atoms with Gasteiger partial charge in [-0.05, 0) is 51.0 Å². The maximum absolute atomic E-state index is 12.7. The van der Waals surface area contributed by atoms with Crippen molar-refractivity contribution in [3.05, 3.63) is 29.3 Å². The number of benzene rings is 1. The highest BCUT2D eigenvalue weighted by Gasteiger charge is 2.45. The van der Waals surface area contributed by atoms with E-state index in [1.807, 2.05) is 0 Å².